The molecule has 4 nitrogen and oxygen atoms in total. The molecule has 0 fully saturated rings. The van der Waals surface area contributed by atoms with E-state index < -0.39 is 0 Å². The summed E-state index contributed by atoms with van der Waals surface area (Å²) in [5, 5.41) is 5.84. The molecule has 2 atom stereocenters. The maximum Gasteiger partial charge on any atom is 0.237 e. The van der Waals surface area contributed by atoms with Gasteiger partial charge >= 0.3 is 0 Å². The van der Waals surface area contributed by atoms with Crippen LogP contribution in [0.4, 0.5) is 0 Å². The Hall–Kier alpha value is -1.73. The van der Waals surface area contributed by atoms with E-state index in [0.717, 1.165) is 12.2 Å². The van der Waals surface area contributed by atoms with Crippen molar-refractivity contribution in [2.75, 3.05) is 0 Å². The lowest BCUT2D eigenvalue weighted by Crippen LogP contribution is -2.45. The second-order valence-electron chi connectivity index (χ2n) is 3.81. The Balaban J connectivity index is 2.34. The maximum absolute atomic E-state index is 11.7. The first-order valence-corrected chi connectivity index (χ1v) is 5.69. The standard InChI is InChI=1S/C13H18N2O2/c1-4-11(5-2)15-10(3)13(16)14-9-12-7-6-8-17-12/h1,6-8,10-11,15H,5,9H2,2-3H3,(H,14,16). The number of nitrogens with one attached hydrogen (secondary N) is 2. The van der Waals surface area contributed by atoms with Gasteiger partial charge in [0.15, 0.2) is 0 Å². The monoisotopic (exact) mass is 234 g/mol. The van der Waals surface area contributed by atoms with Crippen molar-refractivity contribution in [3.8, 4) is 12.3 Å². The van der Waals surface area contributed by atoms with Crippen molar-refractivity contribution < 1.29 is 9.21 Å². The van der Waals surface area contributed by atoms with Gasteiger partial charge in [-0.1, -0.05) is 12.8 Å². The third kappa shape index (κ3) is 4.33. The Morgan fingerprint density at radius 2 is 2.41 bits per heavy atom. The van der Waals surface area contributed by atoms with E-state index in [2.05, 4.69) is 16.6 Å². The van der Waals surface area contributed by atoms with E-state index in [1.54, 1.807) is 19.3 Å². The Kier molecular flexibility index (Phi) is 5.31. The second-order valence-corrected chi connectivity index (χ2v) is 3.81. The Bertz CT molecular complexity index is 379. The van der Waals surface area contributed by atoms with Crippen molar-refractivity contribution in [2.24, 2.45) is 0 Å². The molecule has 1 aromatic heterocycles. The van der Waals surface area contributed by atoms with Gasteiger partial charge in [0.25, 0.3) is 0 Å². The zero-order valence-electron chi connectivity index (χ0n) is 10.2. The maximum atomic E-state index is 11.7. The van der Waals surface area contributed by atoms with E-state index >= 15 is 0 Å². The van der Waals surface area contributed by atoms with Gasteiger partial charge in [-0.3, -0.25) is 10.1 Å². The van der Waals surface area contributed by atoms with Crippen LogP contribution in [0.3, 0.4) is 0 Å². The number of rotatable bonds is 6. The summed E-state index contributed by atoms with van der Waals surface area (Å²) in [7, 11) is 0. The summed E-state index contributed by atoms with van der Waals surface area (Å²) in [6, 6.07) is 3.22. The van der Waals surface area contributed by atoms with Gasteiger partial charge in [0.05, 0.1) is 24.9 Å². The van der Waals surface area contributed by atoms with E-state index in [1.165, 1.54) is 0 Å². The molecule has 0 aliphatic heterocycles. The molecule has 0 aliphatic carbocycles. The highest BCUT2D eigenvalue weighted by atomic mass is 16.3. The first kappa shape index (κ1) is 13.3. The van der Waals surface area contributed by atoms with Gasteiger partial charge in [-0.2, -0.15) is 0 Å². The van der Waals surface area contributed by atoms with E-state index in [-0.39, 0.29) is 18.0 Å². The van der Waals surface area contributed by atoms with Gasteiger partial charge in [0.1, 0.15) is 5.76 Å². The minimum atomic E-state index is -0.314. The molecule has 1 heterocycles. The van der Waals surface area contributed by atoms with E-state index in [9.17, 15) is 4.79 Å². The molecule has 1 amide bonds. The molecule has 0 radical (unpaired) electrons. The van der Waals surface area contributed by atoms with E-state index in [0.29, 0.717) is 6.54 Å². The van der Waals surface area contributed by atoms with Crippen LogP contribution in [0.5, 0.6) is 0 Å². The highest BCUT2D eigenvalue weighted by Gasteiger charge is 2.15. The zero-order valence-corrected chi connectivity index (χ0v) is 10.2. The first-order chi connectivity index (χ1) is 8.17. The summed E-state index contributed by atoms with van der Waals surface area (Å²) in [6.45, 7) is 4.16. The van der Waals surface area contributed by atoms with Crippen molar-refractivity contribution in [3.63, 3.8) is 0 Å². The molecule has 1 rings (SSSR count). The molecule has 2 N–H and O–H groups in total. The molecule has 4 heteroatoms. The molecule has 1 aromatic rings. The quantitative estimate of drug-likeness (QED) is 0.729. The summed E-state index contributed by atoms with van der Waals surface area (Å²) < 4.78 is 5.12. The number of carbonyl (C=O) groups excluding carboxylic acids is 1. The third-order valence-electron chi connectivity index (χ3n) is 2.47. The van der Waals surface area contributed by atoms with Crippen LogP contribution >= 0.6 is 0 Å². The summed E-state index contributed by atoms with van der Waals surface area (Å²) in [4.78, 5) is 11.7. The molecule has 0 aromatic carbocycles. The minimum Gasteiger partial charge on any atom is -0.467 e. The number of carbonyl (C=O) groups is 1. The Labute approximate surface area is 102 Å². The van der Waals surface area contributed by atoms with Gasteiger partial charge in [0, 0.05) is 0 Å². The number of hydrogen-bond donors (Lipinski definition) is 2. The molecule has 0 saturated carbocycles. The Morgan fingerprint density at radius 1 is 1.65 bits per heavy atom. The van der Waals surface area contributed by atoms with Crippen LogP contribution in [-0.2, 0) is 11.3 Å². The highest BCUT2D eigenvalue weighted by molar-refractivity contribution is 5.81. The summed E-state index contributed by atoms with van der Waals surface area (Å²) in [5.74, 6) is 3.24. The van der Waals surface area contributed by atoms with Crippen LogP contribution in [0, 0.1) is 12.3 Å². The second kappa shape index (κ2) is 6.77. The third-order valence-corrected chi connectivity index (χ3v) is 2.47. The fourth-order valence-electron chi connectivity index (χ4n) is 1.40. The Morgan fingerprint density at radius 3 is 2.94 bits per heavy atom. The van der Waals surface area contributed by atoms with Crippen LogP contribution in [-0.4, -0.2) is 18.0 Å². The minimum absolute atomic E-state index is 0.0700. The SMILES string of the molecule is C#CC(CC)NC(C)C(=O)NCc1ccco1. The molecule has 0 spiro atoms. The fraction of sp³-hybridized carbons (Fsp3) is 0.462. The van der Waals surface area contributed by atoms with Crippen LogP contribution in [0.1, 0.15) is 26.0 Å². The smallest absolute Gasteiger partial charge is 0.237 e. The number of hydrogen-bond acceptors (Lipinski definition) is 3. The first-order valence-electron chi connectivity index (χ1n) is 5.69. The predicted molar refractivity (Wildman–Crippen MR) is 66.1 cm³/mol. The lowest BCUT2D eigenvalue weighted by atomic mass is 10.2. The van der Waals surface area contributed by atoms with E-state index in [1.807, 2.05) is 13.0 Å². The summed E-state index contributed by atoms with van der Waals surface area (Å²) in [5.41, 5.74) is 0. The predicted octanol–water partition coefficient (Wildman–Crippen LogP) is 1.29. The number of amides is 1. The molecule has 0 bridgehead atoms. The summed E-state index contributed by atoms with van der Waals surface area (Å²) >= 11 is 0. The van der Waals surface area contributed by atoms with Crippen molar-refractivity contribution in [3.05, 3.63) is 24.2 Å². The molecular formula is C13H18N2O2. The van der Waals surface area contributed by atoms with Crippen molar-refractivity contribution >= 4 is 5.91 Å². The van der Waals surface area contributed by atoms with Crippen LogP contribution in [0.2, 0.25) is 0 Å². The molecular weight excluding hydrogens is 216 g/mol. The average Bonchev–Trinajstić information content (AvgIpc) is 2.85. The summed E-state index contributed by atoms with van der Waals surface area (Å²) in [6.07, 6.45) is 7.70. The van der Waals surface area contributed by atoms with Gasteiger partial charge in [0.2, 0.25) is 5.91 Å². The molecule has 92 valence electrons. The topological polar surface area (TPSA) is 54.3 Å². The van der Waals surface area contributed by atoms with Crippen molar-refractivity contribution in [1.29, 1.82) is 0 Å². The largest absolute Gasteiger partial charge is 0.467 e. The molecule has 0 aliphatic rings. The van der Waals surface area contributed by atoms with Crippen LogP contribution < -0.4 is 10.6 Å². The van der Waals surface area contributed by atoms with Gasteiger partial charge in [-0.25, -0.2) is 0 Å². The molecule has 17 heavy (non-hydrogen) atoms. The highest BCUT2D eigenvalue weighted by Crippen LogP contribution is 1.99. The zero-order chi connectivity index (χ0) is 12.7. The van der Waals surface area contributed by atoms with Crippen LogP contribution in [0.15, 0.2) is 22.8 Å². The lowest BCUT2D eigenvalue weighted by molar-refractivity contribution is -0.123. The van der Waals surface area contributed by atoms with Crippen LogP contribution in [0.25, 0.3) is 0 Å². The van der Waals surface area contributed by atoms with Crippen molar-refractivity contribution in [2.45, 2.75) is 38.9 Å². The average molecular weight is 234 g/mol. The van der Waals surface area contributed by atoms with Gasteiger partial charge in [-0.05, 0) is 25.5 Å². The number of furan rings is 1. The normalized spacial score (nSPS) is 13.7. The van der Waals surface area contributed by atoms with Gasteiger partial charge < -0.3 is 9.73 Å². The lowest BCUT2D eigenvalue weighted by Gasteiger charge is -2.17. The van der Waals surface area contributed by atoms with Gasteiger partial charge in [-0.15, -0.1) is 6.42 Å². The number of terminal acetylenes is 1. The fourth-order valence-corrected chi connectivity index (χ4v) is 1.40. The van der Waals surface area contributed by atoms with E-state index in [4.69, 9.17) is 10.8 Å². The molecule has 2 unspecified atom stereocenters. The molecule has 0 saturated heterocycles. The van der Waals surface area contributed by atoms with Crippen molar-refractivity contribution in [1.82, 2.24) is 10.6 Å².